The van der Waals surface area contributed by atoms with Crippen LogP contribution in [0.15, 0.2) is 0 Å². The Kier molecular flexibility index (Phi) is 8.31. The van der Waals surface area contributed by atoms with Crippen LogP contribution in [0.4, 0.5) is 0 Å². The third kappa shape index (κ3) is 8.25. The lowest BCUT2D eigenvalue weighted by Gasteiger charge is -2.32. The molecule has 1 N–H and O–H groups in total. The van der Waals surface area contributed by atoms with E-state index in [-0.39, 0.29) is 5.54 Å². The number of hydrogen-bond donors (Lipinski definition) is 1. The van der Waals surface area contributed by atoms with Gasteiger partial charge in [-0.15, -0.1) is 0 Å². The summed E-state index contributed by atoms with van der Waals surface area (Å²) in [5, 5.41) is 3.39. The molecule has 0 saturated carbocycles. The summed E-state index contributed by atoms with van der Waals surface area (Å²) in [7, 11) is 0. The van der Waals surface area contributed by atoms with Crippen LogP contribution in [0, 0.1) is 5.92 Å². The molecule has 1 amide bonds. The molecule has 0 saturated heterocycles. The first kappa shape index (κ1) is 18.4. The highest BCUT2D eigenvalue weighted by Gasteiger charge is 2.21. The summed E-state index contributed by atoms with van der Waals surface area (Å²) in [6.45, 7) is 16.7. The number of carbonyl (C=O) groups is 1. The Morgan fingerprint density at radius 2 is 1.68 bits per heavy atom. The van der Waals surface area contributed by atoms with E-state index < -0.39 is 0 Å². The van der Waals surface area contributed by atoms with Crippen LogP contribution in [-0.2, 0) is 4.79 Å². The minimum atomic E-state index is 0.0814. The molecule has 0 aliphatic carbocycles. The summed E-state index contributed by atoms with van der Waals surface area (Å²) >= 11 is 0. The first-order valence-corrected chi connectivity index (χ1v) is 7.75. The second-order valence-electron chi connectivity index (χ2n) is 6.84. The molecule has 0 aromatic heterocycles. The second kappa shape index (κ2) is 8.57. The predicted octanol–water partition coefficient (Wildman–Crippen LogP) is 3.44. The molecule has 0 aromatic rings. The van der Waals surface area contributed by atoms with Crippen LogP contribution in [0.2, 0.25) is 0 Å². The van der Waals surface area contributed by atoms with Gasteiger partial charge in [0.2, 0.25) is 5.91 Å². The maximum absolute atomic E-state index is 12.4. The number of amides is 1. The number of hydrogen-bond acceptors (Lipinski definition) is 2. The van der Waals surface area contributed by atoms with Crippen LogP contribution in [0.3, 0.4) is 0 Å². The minimum absolute atomic E-state index is 0.0814. The van der Waals surface area contributed by atoms with Gasteiger partial charge in [0, 0.05) is 31.1 Å². The largest absolute Gasteiger partial charge is 0.339 e. The van der Waals surface area contributed by atoms with E-state index in [1.165, 1.54) is 0 Å². The average molecular weight is 270 g/mol. The molecule has 0 rings (SSSR count). The Hall–Kier alpha value is -0.570. The van der Waals surface area contributed by atoms with Gasteiger partial charge in [-0.3, -0.25) is 4.79 Å². The lowest BCUT2D eigenvalue weighted by atomic mass is 10.1. The van der Waals surface area contributed by atoms with E-state index in [4.69, 9.17) is 0 Å². The van der Waals surface area contributed by atoms with Crippen molar-refractivity contribution in [2.45, 2.75) is 79.3 Å². The van der Waals surface area contributed by atoms with Gasteiger partial charge in [0.1, 0.15) is 0 Å². The van der Waals surface area contributed by atoms with Crippen molar-refractivity contribution in [2.75, 3.05) is 13.1 Å². The molecule has 0 spiro atoms. The smallest absolute Gasteiger partial charge is 0.224 e. The van der Waals surface area contributed by atoms with Gasteiger partial charge >= 0.3 is 0 Å². The molecule has 0 fully saturated rings. The molecule has 3 heteroatoms. The van der Waals surface area contributed by atoms with E-state index in [0.717, 1.165) is 25.9 Å². The Labute approximate surface area is 120 Å². The van der Waals surface area contributed by atoms with Gasteiger partial charge in [0.25, 0.3) is 0 Å². The van der Waals surface area contributed by atoms with Crippen molar-refractivity contribution < 1.29 is 4.79 Å². The Bertz CT molecular complexity index is 252. The first-order chi connectivity index (χ1) is 8.71. The molecule has 0 aromatic carbocycles. The summed E-state index contributed by atoms with van der Waals surface area (Å²) in [6.07, 6.45) is 2.68. The summed E-state index contributed by atoms with van der Waals surface area (Å²) in [6, 6.07) is 0.393. The Morgan fingerprint density at radius 1 is 1.16 bits per heavy atom. The van der Waals surface area contributed by atoms with Crippen molar-refractivity contribution >= 4 is 5.91 Å². The summed E-state index contributed by atoms with van der Waals surface area (Å²) in [5.74, 6) is 0.819. The molecular formula is C16H34N2O. The average Bonchev–Trinajstić information content (AvgIpc) is 2.26. The number of rotatable bonds is 8. The van der Waals surface area contributed by atoms with E-state index in [0.29, 0.717) is 24.3 Å². The predicted molar refractivity (Wildman–Crippen MR) is 83.3 cm³/mol. The van der Waals surface area contributed by atoms with Crippen LogP contribution in [0.5, 0.6) is 0 Å². The van der Waals surface area contributed by atoms with Crippen LogP contribution in [-0.4, -0.2) is 35.5 Å². The quantitative estimate of drug-likeness (QED) is 0.733. The third-order valence-corrected chi connectivity index (χ3v) is 3.26. The monoisotopic (exact) mass is 270 g/mol. The highest BCUT2D eigenvalue weighted by molar-refractivity contribution is 5.76. The molecule has 0 radical (unpaired) electrons. The van der Waals surface area contributed by atoms with E-state index in [1.54, 1.807) is 0 Å². The van der Waals surface area contributed by atoms with Crippen LogP contribution in [0.25, 0.3) is 0 Å². The topological polar surface area (TPSA) is 32.3 Å². The van der Waals surface area contributed by atoms with Gasteiger partial charge in [0.05, 0.1) is 0 Å². The minimum Gasteiger partial charge on any atom is -0.339 e. The lowest BCUT2D eigenvalue weighted by Crippen LogP contribution is -2.44. The third-order valence-electron chi connectivity index (χ3n) is 3.26. The molecular weight excluding hydrogens is 236 g/mol. The van der Waals surface area contributed by atoms with Crippen molar-refractivity contribution in [3.05, 3.63) is 0 Å². The molecule has 3 nitrogen and oxygen atoms in total. The van der Waals surface area contributed by atoms with Crippen molar-refractivity contribution in [3.8, 4) is 0 Å². The van der Waals surface area contributed by atoms with Crippen LogP contribution >= 0.6 is 0 Å². The number of nitrogens with zero attached hydrogens (tertiary/aromatic N) is 1. The Balaban J connectivity index is 4.46. The summed E-state index contributed by atoms with van der Waals surface area (Å²) in [4.78, 5) is 14.5. The van der Waals surface area contributed by atoms with Crippen molar-refractivity contribution in [3.63, 3.8) is 0 Å². The highest BCUT2D eigenvalue weighted by Crippen LogP contribution is 2.13. The molecule has 19 heavy (non-hydrogen) atoms. The molecule has 0 unspecified atom stereocenters. The van der Waals surface area contributed by atoms with E-state index in [2.05, 4.69) is 58.7 Å². The summed E-state index contributed by atoms with van der Waals surface area (Å²) < 4.78 is 0. The van der Waals surface area contributed by atoms with E-state index in [9.17, 15) is 4.79 Å². The normalized spacial score (nSPS) is 12.3. The molecule has 0 heterocycles. The van der Waals surface area contributed by atoms with Gasteiger partial charge in [-0.05, 0) is 39.5 Å². The van der Waals surface area contributed by atoms with Crippen molar-refractivity contribution in [2.24, 2.45) is 5.92 Å². The second-order valence-corrected chi connectivity index (χ2v) is 6.84. The highest BCUT2D eigenvalue weighted by atomic mass is 16.2. The van der Waals surface area contributed by atoms with E-state index >= 15 is 0 Å². The number of nitrogens with one attached hydrogen (secondary N) is 1. The molecule has 0 atom stereocenters. The SMILES string of the molecule is CCC(CC)N(CC(C)C)C(=O)CCNC(C)(C)C. The number of carbonyl (C=O) groups excluding carboxylic acids is 1. The zero-order valence-electron chi connectivity index (χ0n) is 14.0. The lowest BCUT2D eigenvalue weighted by molar-refractivity contribution is -0.134. The molecule has 114 valence electrons. The van der Waals surface area contributed by atoms with Crippen LogP contribution < -0.4 is 5.32 Å². The standard InChI is InChI=1S/C16H34N2O/c1-8-14(9-2)18(12-13(3)4)15(19)10-11-17-16(5,6)7/h13-14,17H,8-12H2,1-7H3. The zero-order chi connectivity index (χ0) is 15.1. The van der Waals surface area contributed by atoms with Gasteiger partial charge in [0.15, 0.2) is 0 Å². The fourth-order valence-corrected chi connectivity index (χ4v) is 2.27. The zero-order valence-corrected chi connectivity index (χ0v) is 14.0. The van der Waals surface area contributed by atoms with Crippen LogP contribution in [0.1, 0.15) is 67.7 Å². The van der Waals surface area contributed by atoms with Gasteiger partial charge < -0.3 is 10.2 Å². The van der Waals surface area contributed by atoms with Gasteiger partial charge in [-0.2, -0.15) is 0 Å². The maximum Gasteiger partial charge on any atom is 0.224 e. The summed E-state index contributed by atoms with van der Waals surface area (Å²) in [5.41, 5.74) is 0.0814. The maximum atomic E-state index is 12.4. The van der Waals surface area contributed by atoms with E-state index in [1.807, 2.05) is 0 Å². The fraction of sp³-hybridized carbons (Fsp3) is 0.938. The van der Waals surface area contributed by atoms with Gasteiger partial charge in [-0.25, -0.2) is 0 Å². The fourth-order valence-electron chi connectivity index (χ4n) is 2.27. The van der Waals surface area contributed by atoms with Gasteiger partial charge in [-0.1, -0.05) is 27.7 Å². The first-order valence-electron chi connectivity index (χ1n) is 7.75. The van der Waals surface area contributed by atoms with Crippen molar-refractivity contribution in [1.82, 2.24) is 10.2 Å². The molecule has 0 aliphatic heterocycles. The molecule has 0 bridgehead atoms. The molecule has 0 aliphatic rings. The van der Waals surface area contributed by atoms with Crippen molar-refractivity contribution in [1.29, 1.82) is 0 Å². The Morgan fingerprint density at radius 3 is 2.05 bits per heavy atom.